The van der Waals surface area contributed by atoms with Gasteiger partial charge in [-0.05, 0) is 31.2 Å². The van der Waals surface area contributed by atoms with Gasteiger partial charge in [-0.25, -0.2) is 4.98 Å². The third kappa shape index (κ3) is 7.36. The number of aromatic nitrogens is 1. The van der Waals surface area contributed by atoms with Crippen LogP contribution in [-0.4, -0.2) is 56.7 Å². The smallest absolute Gasteiger partial charge is 0.193 e. The van der Waals surface area contributed by atoms with E-state index in [1.165, 1.54) is 4.88 Å². The first-order chi connectivity index (χ1) is 12.1. The zero-order valence-electron chi connectivity index (χ0n) is 15.7. The van der Waals surface area contributed by atoms with Crippen LogP contribution < -0.4 is 14.8 Å². The van der Waals surface area contributed by atoms with Gasteiger partial charge in [0.25, 0.3) is 0 Å². The Kier molecular flexibility index (Phi) is 10.3. The summed E-state index contributed by atoms with van der Waals surface area (Å²) in [6.45, 7) is 4.20. The van der Waals surface area contributed by atoms with Crippen LogP contribution in [0, 0.1) is 6.92 Å². The van der Waals surface area contributed by atoms with Crippen molar-refractivity contribution in [1.82, 2.24) is 15.2 Å². The molecule has 0 atom stereocenters. The van der Waals surface area contributed by atoms with E-state index in [9.17, 15) is 0 Å². The number of guanidine groups is 1. The molecule has 2 rings (SSSR count). The standard InChI is InChI=1S/C18H26N4O2S.HI/c1-14-13-21-17(25-14)9-10-20-18(19-2)22(3)11-12-24-16-7-5-15(23-4)6-8-16;/h5-8,13H,9-12H2,1-4H3,(H,19,20);1H. The van der Waals surface area contributed by atoms with Crippen molar-refractivity contribution >= 4 is 41.3 Å². The number of methoxy groups -OCH3 is 1. The molecule has 8 heteroatoms. The minimum absolute atomic E-state index is 0. The van der Waals surface area contributed by atoms with Crippen LogP contribution >= 0.6 is 35.3 Å². The van der Waals surface area contributed by atoms with E-state index in [1.54, 1.807) is 25.5 Å². The van der Waals surface area contributed by atoms with Gasteiger partial charge in [-0.1, -0.05) is 0 Å². The van der Waals surface area contributed by atoms with E-state index >= 15 is 0 Å². The number of nitrogens with zero attached hydrogens (tertiary/aromatic N) is 3. The average molecular weight is 490 g/mol. The number of hydrogen-bond acceptors (Lipinski definition) is 5. The first-order valence-corrected chi connectivity index (χ1v) is 9.04. The molecule has 6 nitrogen and oxygen atoms in total. The van der Waals surface area contributed by atoms with E-state index in [2.05, 4.69) is 27.1 Å². The van der Waals surface area contributed by atoms with Crippen LogP contribution in [0.15, 0.2) is 35.5 Å². The second-order valence-electron chi connectivity index (χ2n) is 5.53. The molecule has 144 valence electrons. The van der Waals surface area contributed by atoms with Crippen molar-refractivity contribution < 1.29 is 9.47 Å². The number of aryl methyl sites for hydroxylation is 1. The highest BCUT2D eigenvalue weighted by Gasteiger charge is 2.06. The normalized spacial score (nSPS) is 10.8. The second kappa shape index (κ2) is 11.9. The Morgan fingerprint density at radius 1 is 1.27 bits per heavy atom. The molecule has 1 aromatic heterocycles. The van der Waals surface area contributed by atoms with Crippen molar-refractivity contribution in [2.45, 2.75) is 13.3 Å². The lowest BCUT2D eigenvalue weighted by Gasteiger charge is -2.22. The largest absolute Gasteiger partial charge is 0.497 e. The predicted molar refractivity (Wildman–Crippen MR) is 118 cm³/mol. The summed E-state index contributed by atoms with van der Waals surface area (Å²) in [7, 11) is 5.44. The Hall–Kier alpha value is -1.55. The molecule has 0 unspecified atom stereocenters. The summed E-state index contributed by atoms with van der Waals surface area (Å²) in [6.07, 6.45) is 2.81. The zero-order chi connectivity index (χ0) is 18.1. The second-order valence-corrected chi connectivity index (χ2v) is 6.85. The van der Waals surface area contributed by atoms with Gasteiger partial charge >= 0.3 is 0 Å². The van der Waals surface area contributed by atoms with Crippen LogP contribution in [-0.2, 0) is 6.42 Å². The molecular weight excluding hydrogens is 463 g/mol. The van der Waals surface area contributed by atoms with Crippen LogP contribution in [0.4, 0.5) is 0 Å². The Bertz CT molecular complexity index is 676. The minimum Gasteiger partial charge on any atom is -0.497 e. The highest BCUT2D eigenvalue weighted by Crippen LogP contribution is 2.16. The van der Waals surface area contributed by atoms with Gasteiger partial charge in [-0.15, -0.1) is 35.3 Å². The molecule has 1 N–H and O–H groups in total. The first kappa shape index (κ1) is 22.5. The average Bonchev–Trinajstić information content (AvgIpc) is 3.04. The predicted octanol–water partition coefficient (Wildman–Crippen LogP) is 3.21. The summed E-state index contributed by atoms with van der Waals surface area (Å²) in [4.78, 5) is 12.0. The van der Waals surface area contributed by atoms with Crippen LogP contribution in [0.2, 0.25) is 0 Å². The lowest BCUT2D eigenvalue weighted by molar-refractivity contribution is 0.281. The fourth-order valence-corrected chi connectivity index (χ4v) is 3.05. The van der Waals surface area contributed by atoms with Crippen molar-refractivity contribution in [3.8, 4) is 11.5 Å². The van der Waals surface area contributed by atoms with Crippen molar-refractivity contribution in [1.29, 1.82) is 0 Å². The maximum atomic E-state index is 5.76. The van der Waals surface area contributed by atoms with Gasteiger partial charge in [-0.2, -0.15) is 0 Å². The quantitative estimate of drug-likeness (QED) is 0.350. The van der Waals surface area contributed by atoms with E-state index in [1.807, 2.05) is 37.5 Å². The summed E-state index contributed by atoms with van der Waals surface area (Å²) in [5, 5.41) is 4.51. The number of hydrogen-bond donors (Lipinski definition) is 1. The number of aliphatic imine (C=N–C) groups is 1. The summed E-state index contributed by atoms with van der Waals surface area (Å²) in [5.74, 6) is 2.51. The van der Waals surface area contributed by atoms with Crippen molar-refractivity contribution in [2.75, 3.05) is 40.9 Å². The Labute approximate surface area is 176 Å². The molecule has 0 radical (unpaired) electrons. The molecule has 0 spiro atoms. The van der Waals surface area contributed by atoms with Gasteiger partial charge in [0.1, 0.15) is 18.1 Å². The number of thiazole rings is 1. The zero-order valence-corrected chi connectivity index (χ0v) is 18.8. The van der Waals surface area contributed by atoms with E-state index in [4.69, 9.17) is 9.47 Å². The first-order valence-electron chi connectivity index (χ1n) is 8.22. The molecular formula is C18H27IN4O2S. The molecule has 0 saturated carbocycles. The third-order valence-electron chi connectivity index (χ3n) is 3.62. The summed E-state index contributed by atoms with van der Waals surface area (Å²) >= 11 is 1.74. The number of nitrogens with one attached hydrogen (secondary N) is 1. The molecule has 0 aliphatic heterocycles. The van der Waals surface area contributed by atoms with E-state index in [0.717, 1.165) is 42.0 Å². The maximum Gasteiger partial charge on any atom is 0.193 e. The molecule has 1 aromatic carbocycles. The van der Waals surface area contributed by atoms with E-state index < -0.39 is 0 Å². The van der Waals surface area contributed by atoms with Gasteiger partial charge in [0.2, 0.25) is 0 Å². The molecule has 2 aromatic rings. The fourth-order valence-electron chi connectivity index (χ4n) is 2.26. The van der Waals surface area contributed by atoms with Gasteiger partial charge in [-0.3, -0.25) is 4.99 Å². The van der Waals surface area contributed by atoms with E-state index in [-0.39, 0.29) is 24.0 Å². The van der Waals surface area contributed by atoms with Gasteiger partial charge < -0.3 is 19.7 Å². The molecule has 0 amide bonds. The van der Waals surface area contributed by atoms with Gasteiger partial charge in [0.05, 0.1) is 18.7 Å². The Morgan fingerprint density at radius 3 is 2.54 bits per heavy atom. The maximum absolute atomic E-state index is 5.76. The highest BCUT2D eigenvalue weighted by atomic mass is 127. The summed E-state index contributed by atoms with van der Waals surface area (Å²) in [5.41, 5.74) is 0. The summed E-state index contributed by atoms with van der Waals surface area (Å²) < 4.78 is 10.9. The van der Waals surface area contributed by atoms with E-state index in [0.29, 0.717) is 6.61 Å². The van der Waals surface area contributed by atoms with Crippen molar-refractivity contribution in [3.05, 3.63) is 40.3 Å². The molecule has 0 bridgehead atoms. The van der Waals surface area contributed by atoms with Gasteiger partial charge in [0.15, 0.2) is 5.96 Å². The van der Waals surface area contributed by atoms with Crippen LogP contribution in [0.25, 0.3) is 0 Å². The molecule has 0 aliphatic carbocycles. The highest BCUT2D eigenvalue weighted by molar-refractivity contribution is 14.0. The lowest BCUT2D eigenvalue weighted by Crippen LogP contribution is -2.41. The van der Waals surface area contributed by atoms with Crippen LogP contribution in [0.1, 0.15) is 9.88 Å². The minimum atomic E-state index is 0. The topological polar surface area (TPSA) is 59.0 Å². The monoisotopic (exact) mass is 490 g/mol. The third-order valence-corrected chi connectivity index (χ3v) is 4.59. The number of likely N-dealkylation sites (N-methyl/N-ethyl adjacent to an activating group) is 1. The Morgan fingerprint density at radius 2 is 1.96 bits per heavy atom. The number of rotatable bonds is 8. The van der Waals surface area contributed by atoms with Crippen LogP contribution in [0.3, 0.4) is 0 Å². The number of halogens is 1. The molecule has 0 saturated heterocycles. The molecule has 0 fully saturated rings. The lowest BCUT2D eigenvalue weighted by atomic mass is 10.3. The van der Waals surface area contributed by atoms with Crippen LogP contribution in [0.5, 0.6) is 11.5 Å². The number of benzene rings is 1. The van der Waals surface area contributed by atoms with Crippen molar-refractivity contribution in [3.63, 3.8) is 0 Å². The number of ether oxygens (including phenoxy) is 2. The Balaban J connectivity index is 0.00000338. The fraction of sp³-hybridized carbons (Fsp3) is 0.444. The molecule has 26 heavy (non-hydrogen) atoms. The summed E-state index contributed by atoms with van der Waals surface area (Å²) in [6, 6.07) is 7.59. The molecule has 0 aliphatic rings. The SMILES string of the molecule is CN=C(NCCc1ncc(C)s1)N(C)CCOc1ccc(OC)cc1.I. The molecule has 1 heterocycles. The van der Waals surface area contributed by atoms with Crippen molar-refractivity contribution in [2.24, 2.45) is 4.99 Å². The van der Waals surface area contributed by atoms with Gasteiger partial charge in [0, 0.05) is 38.1 Å².